The number of aromatic nitrogens is 1. The first-order valence-electron chi connectivity index (χ1n) is 6.72. The van der Waals surface area contributed by atoms with Crippen LogP contribution >= 0.6 is 11.8 Å². The van der Waals surface area contributed by atoms with Crippen LogP contribution in [0.4, 0.5) is 10.6 Å². The number of nitriles is 2. The van der Waals surface area contributed by atoms with E-state index in [4.69, 9.17) is 16.3 Å². The Labute approximate surface area is 138 Å². The number of hydrogen-bond acceptors (Lipinski definition) is 6. The summed E-state index contributed by atoms with van der Waals surface area (Å²) in [6.45, 7) is 5.14. The molecule has 0 radical (unpaired) electrons. The molecule has 0 saturated heterocycles. The molecule has 0 aliphatic heterocycles. The van der Waals surface area contributed by atoms with Crippen molar-refractivity contribution in [3.8, 4) is 12.1 Å². The van der Waals surface area contributed by atoms with Gasteiger partial charge in [0.25, 0.3) is 5.82 Å². The molecule has 23 heavy (non-hydrogen) atoms. The van der Waals surface area contributed by atoms with Crippen molar-refractivity contribution in [2.24, 2.45) is 0 Å². The first kappa shape index (κ1) is 18.3. The molecule has 0 aromatic carbocycles. The summed E-state index contributed by atoms with van der Waals surface area (Å²) in [4.78, 5) is 26.2. The molecule has 120 valence electrons. The Kier molecular flexibility index (Phi) is 6.36. The number of carbonyl (C=O) groups is 2. The van der Waals surface area contributed by atoms with Gasteiger partial charge < -0.3 is 5.32 Å². The molecule has 5 N–H and O–H groups in total. The fraction of sp³-hybridized carbons (Fsp3) is 0.357. The highest BCUT2D eigenvalue weighted by Crippen LogP contribution is 2.24. The van der Waals surface area contributed by atoms with Crippen molar-refractivity contribution in [2.75, 3.05) is 5.73 Å². The summed E-state index contributed by atoms with van der Waals surface area (Å²) in [6, 6.07) is 4.48. The molecule has 0 aliphatic rings. The Bertz CT molecular complexity index is 704. The predicted molar refractivity (Wildman–Crippen MR) is 84.0 cm³/mol. The van der Waals surface area contributed by atoms with Gasteiger partial charge in [-0.05, 0) is 26.8 Å². The minimum atomic E-state index is -0.649. The summed E-state index contributed by atoms with van der Waals surface area (Å²) in [5, 5.41) is 22.5. The van der Waals surface area contributed by atoms with E-state index >= 15 is 0 Å². The molecule has 9 heteroatoms. The van der Waals surface area contributed by atoms with Gasteiger partial charge in [-0.2, -0.15) is 10.5 Å². The van der Waals surface area contributed by atoms with Crippen LogP contribution in [0.5, 0.6) is 0 Å². The van der Waals surface area contributed by atoms with Gasteiger partial charge in [-0.25, -0.2) is 9.78 Å². The van der Waals surface area contributed by atoms with Crippen LogP contribution in [0, 0.1) is 22.7 Å². The van der Waals surface area contributed by atoms with Gasteiger partial charge in [0.15, 0.2) is 5.03 Å². The van der Waals surface area contributed by atoms with E-state index in [0.29, 0.717) is 5.03 Å². The number of hydrogen-bond donors (Lipinski definition) is 3. The van der Waals surface area contributed by atoms with E-state index in [1.807, 2.05) is 12.1 Å². The van der Waals surface area contributed by atoms with Gasteiger partial charge in [0.1, 0.15) is 23.3 Å². The number of nitrogens with zero attached hydrogens (tertiary/aromatic N) is 2. The number of nitrogens with one attached hydrogen (secondary N) is 3. The maximum absolute atomic E-state index is 12.0. The second kappa shape index (κ2) is 8.01. The molecule has 0 fully saturated rings. The normalized spacial score (nSPS) is 11.2. The van der Waals surface area contributed by atoms with Crippen LogP contribution < -0.4 is 21.4 Å². The Balaban J connectivity index is 2.85. The predicted octanol–water partition coefficient (Wildman–Crippen LogP) is 0.541. The van der Waals surface area contributed by atoms with Crippen LogP contribution in [-0.4, -0.2) is 23.2 Å². The summed E-state index contributed by atoms with van der Waals surface area (Å²) < 4.78 is 0. The molecular formula is C14H17N6O2S+. The lowest BCUT2D eigenvalue weighted by molar-refractivity contribution is -0.410. The highest BCUT2D eigenvalue weighted by atomic mass is 32.2. The number of aromatic amines is 1. The topological polar surface area (TPSA) is 146 Å². The number of nitrogens with two attached hydrogens (primary N) is 1. The minimum Gasteiger partial charge on any atom is -0.336 e. The lowest BCUT2D eigenvalue weighted by Gasteiger charge is -2.12. The van der Waals surface area contributed by atoms with E-state index < -0.39 is 17.2 Å². The van der Waals surface area contributed by atoms with Crippen LogP contribution in [0.3, 0.4) is 0 Å². The van der Waals surface area contributed by atoms with Crippen LogP contribution in [0.1, 0.15) is 31.9 Å². The molecule has 0 bridgehead atoms. The van der Waals surface area contributed by atoms with Gasteiger partial charge in [0.05, 0.1) is 5.25 Å². The molecule has 1 heterocycles. The second-order valence-electron chi connectivity index (χ2n) is 4.94. The van der Waals surface area contributed by atoms with E-state index in [-0.39, 0.29) is 23.0 Å². The lowest BCUT2D eigenvalue weighted by atomic mass is 10.2. The summed E-state index contributed by atoms with van der Waals surface area (Å²) in [5.74, 6) is -0.396. The van der Waals surface area contributed by atoms with Gasteiger partial charge in [0.2, 0.25) is 5.91 Å². The summed E-state index contributed by atoms with van der Waals surface area (Å²) in [6.07, 6.45) is 0. The number of thioether (sulfide) groups is 1. The third-order valence-corrected chi connectivity index (χ3v) is 3.76. The molecule has 0 aliphatic carbocycles. The van der Waals surface area contributed by atoms with Crippen molar-refractivity contribution < 1.29 is 14.6 Å². The van der Waals surface area contributed by atoms with Crippen molar-refractivity contribution in [2.45, 2.75) is 37.1 Å². The van der Waals surface area contributed by atoms with Crippen molar-refractivity contribution in [3.63, 3.8) is 0 Å². The number of imide groups is 1. The Hall–Kier alpha value is -2.78. The van der Waals surface area contributed by atoms with E-state index in [1.54, 1.807) is 20.8 Å². The maximum atomic E-state index is 12.0. The SMILES string of the molecule is CC(C)NC(=O)NC(=O)[C@H](C)Sc1[nH+]c(N)c(C#N)cc1C#N. The zero-order valence-corrected chi connectivity index (χ0v) is 13.7. The maximum Gasteiger partial charge on any atom is 0.321 e. The fourth-order valence-electron chi connectivity index (χ4n) is 1.56. The average molecular weight is 333 g/mol. The Morgan fingerprint density at radius 2 is 1.87 bits per heavy atom. The van der Waals surface area contributed by atoms with Crippen LogP contribution in [0.2, 0.25) is 0 Å². The molecular weight excluding hydrogens is 316 g/mol. The summed E-state index contributed by atoms with van der Waals surface area (Å²) in [5.41, 5.74) is 6.03. The molecule has 1 aromatic rings. The standard InChI is InChI=1S/C14H16N6O2S/c1-7(2)18-14(22)20-12(21)8(3)23-13-10(6-16)4-9(5-15)11(17)19-13/h4,7-8H,1-3H3,(H2,17,19)(H2,18,20,21,22)/p+1/t8-/m0/s1. The number of anilines is 1. The number of amides is 3. The van der Waals surface area contributed by atoms with Crippen molar-refractivity contribution >= 4 is 29.5 Å². The highest BCUT2D eigenvalue weighted by Gasteiger charge is 2.22. The molecule has 1 rings (SSSR count). The first-order valence-corrected chi connectivity index (χ1v) is 7.60. The van der Waals surface area contributed by atoms with Gasteiger partial charge in [-0.3, -0.25) is 15.8 Å². The van der Waals surface area contributed by atoms with Gasteiger partial charge in [-0.1, -0.05) is 11.8 Å². The number of H-pyrrole nitrogens is 1. The minimum absolute atomic E-state index is 0.0948. The molecule has 0 unspecified atom stereocenters. The summed E-state index contributed by atoms with van der Waals surface area (Å²) in [7, 11) is 0. The van der Waals surface area contributed by atoms with Gasteiger partial charge in [-0.15, -0.1) is 0 Å². The number of carbonyl (C=O) groups excluding carboxylic acids is 2. The Morgan fingerprint density at radius 1 is 1.26 bits per heavy atom. The molecule has 8 nitrogen and oxygen atoms in total. The third-order valence-electron chi connectivity index (χ3n) is 2.63. The van der Waals surface area contributed by atoms with E-state index in [9.17, 15) is 9.59 Å². The Morgan fingerprint density at radius 3 is 2.39 bits per heavy atom. The first-order chi connectivity index (χ1) is 10.8. The van der Waals surface area contributed by atoms with Crippen LogP contribution in [-0.2, 0) is 4.79 Å². The molecule has 1 aromatic heterocycles. The number of urea groups is 1. The quantitative estimate of drug-likeness (QED) is 0.685. The zero-order chi connectivity index (χ0) is 17.6. The number of nitrogen functional groups attached to an aromatic ring is 1. The zero-order valence-electron chi connectivity index (χ0n) is 12.9. The third kappa shape index (κ3) is 5.16. The van der Waals surface area contributed by atoms with Crippen molar-refractivity contribution in [1.29, 1.82) is 10.5 Å². The number of pyridine rings is 1. The van der Waals surface area contributed by atoms with Crippen LogP contribution in [0.15, 0.2) is 11.1 Å². The fourth-order valence-corrected chi connectivity index (χ4v) is 2.48. The monoisotopic (exact) mass is 333 g/mol. The van der Waals surface area contributed by atoms with Gasteiger partial charge in [0, 0.05) is 6.04 Å². The van der Waals surface area contributed by atoms with Crippen molar-refractivity contribution in [3.05, 3.63) is 17.2 Å². The highest BCUT2D eigenvalue weighted by molar-refractivity contribution is 8.00. The molecule has 0 spiro atoms. The van der Waals surface area contributed by atoms with Crippen molar-refractivity contribution in [1.82, 2.24) is 10.6 Å². The molecule has 1 atom stereocenters. The second-order valence-corrected chi connectivity index (χ2v) is 6.29. The molecule has 3 amide bonds. The lowest BCUT2D eigenvalue weighted by Crippen LogP contribution is -2.45. The van der Waals surface area contributed by atoms with E-state index in [0.717, 1.165) is 11.8 Å². The average Bonchev–Trinajstić information content (AvgIpc) is 2.46. The van der Waals surface area contributed by atoms with E-state index in [2.05, 4.69) is 15.6 Å². The smallest absolute Gasteiger partial charge is 0.321 e. The van der Waals surface area contributed by atoms with Crippen LogP contribution in [0.25, 0.3) is 0 Å². The van der Waals surface area contributed by atoms with Gasteiger partial charge >= 0.3 is 6.03 Å². The van der Waals surface area contributed by atoms with E-state index in [1.165, 1.54) is 6.07 Å². The summed E-state index contributed by atoms with van der Waals surface area (Å²) >= 11 is 1.04. The number of rotatable bonds is 4. The largest absolute Gasteiger partial charge is 0.336 e. The molecule has 0 saturated carbocycles.